The Hall–Kier alpha value is 0.590. The predicted molar refractivity (Wildman–Crippen MR) is 85.0 cm³/mol. The molecule has 121 valence electrons. The standard InChI is InChI=1S/C12H16Cl2O6S.Na/c13-8-3-1-7(9(14)5-8)2-4-10(15)12(17)11(16)6-21(18,19)20;/h1,3,5,10-12,15-17H,2,4,6H2,(H,18,19,20);. The van der Waals surface area contributed by atoms with Crippen molar-refractivity contribution in [1.29, 1.82) is 0 Å². The number of hydrogen-bond acceptors (Lipinski definition) is 5. The number of rotatable bonds is 7. The van der Waals surface area contributed by atoms with E-state index in [0.717, 1.165) is 0 Å². The van der Waals surface area contributed by atoms with Crippen LogP contribution in [0.2, 0.25) is 10.0 Å². The molecule has 1 rings (SSSR count). The number of halogens is 2. The third-order valence-electron chi connectivity index (χ3n) is 2.89. The predicted octanol–water partition coefficient (Wildman–Crippen LogP) is 0.516. The first-order valence-electron chi connectivity index (χ1n) is 6.03. The van der Waals surface area contributed by atoms with Gasteiger partial charge in [-0.05, 0) is 30.5 Å². The number of aryl methyl sites for hydroxylation is 1. The topological polar surface area (TPSA) is 115 Å². The summed E-state index contributed by atoms with van der Waals surface area (Å²) in [7, 11) is -4.44. The summed E-state index contributed by atoms with van der Waals surface area (Å²) >= 11 is 11.7. The van der Waals surface area contributed by atoms with E-state index in [2.05, 4.69) is 0 Å². The van der Waals surface area contributed by atoms with Gasteiger partial charge in [-0.3, -0.25) is 4.55 Å². The van der Waals surface area contributed by atoms with Crippen LogP contribution in [0.3, 0.4) is 0 Å². The van der Waals surface area contributed by atoms with Crippen molar-refractivity contribution in [3.8, 4) is 0 Å². The van der Waals surface area contributed by atoms with Gasteiger partial charge in [-0.25, -0.2) is 0 Å². The molecular formula is C12H16Cl2NaO6S. The van der Waals surface area contributed by atoms with Crippen LogP contribution in [-0.2, 0) is 16.5 Å². The van der Waals surface area contributed by atoms with Crippen molar-refractivity contribution in [1.82, 2.24) is 0 Å². The van der Waals surface area contributed by atoms with Crippen LogP contribution in [0.1, 0.15) is 12.0 Å². The maximum Gasteiger partial charge on any atom is 0.267 e. The van der Waals surface area contributed by atoms with E-state index in [4.69, 9.17) is 27.8 Å². The quantitative estimate of drug-likeness (QED) is 0.404. The molecule has 0 aliphatic carbocycles. The van der Waals surface area contributed by atoms with Crippen molar-refractivity contribution >= 4 is 62.9 Å². The zero-order valence-corrected chi connectivity index (χ0v) is 16.2. The summed E-state index contributed by atoms with van der Waals surface area (Å²) in [4.78, 5) is 0. The summed E-state index contributed by atoms with van der Waals surface area (Å²) in [5.41, 5.74) is 0.691. The average molecular weight is 382 g/mol. The van der Waals surface area contributed by atoms with Crippen LogP contribution in [0, 0.1) is 0 Å². The molecule has 0 fully saturated rings. The van der Waals surface area contributed by atoms with Crippen molar-refractivity contribution in [2.24, 2.45) is 0 Å². The van der Waals surface area contributed by atoms with Crippen molar-refractivity contribution < 1.29 is 28.3 Å². The second-order valence-electron chi connectivity index (χ2n) is 4.65. The van der Waals surface area contributed by atoms with Gasteiger partial charge in [0.15, 0.2) is 0 Å². The van der Waals surface area contributed by atoms with E-state index >= 15 is 0 Å². The molecule has 0 bridgehead atoms. The summed E-state index contributed by atoms with van der Waals surface area (Å²) in [5, 5.41) is 29.6. The summed E-state index contributed by atoms with van der Waals surface area (Å²) in [6, 6.07) is 4.82. The maximum atomic E-state index is 10.6. The fraction of sp³-hybridized carbons (Fsp3) is 0.500. The molecule has 1 aromatic carbocycles. The Morgan fingerprint density at radius 3 is 2.18 bits per heavy atom. The van der Waals surface area contributed by atoms with Gasteiger partial charge in [0.25, 0.3) is 10.1 Å². The summed E-state index contributed by atoms with van der Waals surface area (Å²) in [5.74, 6) is -1.05. The molecule has 10 heteroatoms. The van der Waals surface area contributed by atoms with Gasteiger partial charge < -0.3 is 15.3 Å². The maximum absolute atomic E-state index is 10.6. The van der Waals surface area contributed by atoms with Crippen LogP contribution in [0.4, 0.5) is 0 Å². The molecule has 6 nitrogen and oxygen atoms in total. The van der Waals surface area contributed by atoms with Gasteiger partial charge in [-0.2, -0.15) is 8.42 Å². The SMILES string of the molecule is O=S(=O)(O)CC(O)C(O)C(O)CCc1ccc(Cl)cc1Cl.[Na]. The van der Waals surface area contributed by atoms with Crippen LogP contribution in [0.15, 0.2) is 18.2 Å². The molecule has 0 aliphatic heterocycles. The van der Waals surface area contributed by atoms with E-state index in [0.29, 0.717) is 22.0 Å². The molecule has 0 saturated heterocycles. The summed E-state index contributed by atoms with van der Waals surface area (Å²) in [6.07, 6.45) is -4.50. The monoisotopic (exact) mass is 381 g/mol. The smallest absolute Gasteiger partial charge is 0.267 e. The molecular weight excluding hydrogens is 366 g/mol. The van der Waals surface area contributed by atoms with Gasteiger partial charge in [0.05, 0.1) is 12.2 Å². The van der Waals surface area contributed by atoms with Gasteiger partial charge in [-0.15, -0.1) is 0 Å². The third-order valence-corrected chi connectivity index (χ3v) is 4.24. The van der Waals surface area contributed by atoms with Crippen LogP contribution in [0.5, 0.6) is 0 Å². The fourth-order valence-electron chi connectivity index (χ4n) is 1.77. The van der Waals surface area contributed by atoms with Gasteiger partial charge in [0.2, 0.25) is 0 Å². The van der Waals surface area contributed by atoms with Crippen LogP contribution < -0.4 is 0 Å². The van der Waals surface area contributed by atoms with Gasteiger partial charge >= 0.3 is 0 Å². The van der Waals surface area contributed by atoms with Crippen molar-refractivity contribution in [3.63, 3.8) is 0 Å². The molecule has 0 spiro atoms. The Morgan fingerprint density at radius 2 is 1.68 bits per heavy atom. The van der Waals surface area contributed by atoms with E-state index in [1.165, 1.54) is 6.07 Å². The summed E-state index contributed by atoms with van der Waals surface area (Å²) in [6.45, 7) is 0. The summed E-state index contributed by atoms with van der Waals surface area (Å²) < 4.78 is 29.8. The van der Waals surface area contributed by atoms with E-state index in [1.54, 1.807) is 12.1 Å². The second kappa shape index (κ2) is 9.78. The molecule has 22 heavy (non-hydrogen) atoms. The van der Waals surface area contributed by atoms with E-state index in [-0.39, 0.29) is 36.0 Å². The Morgan fingerprint density at radius 1 is 1.09 bits per heavy atom. The number of aliphatic hydroxyl groups is 3. The molecule has 3 atom stereocenters. The number of aliphatic hydroxyl groups excluding tert-OH is 3. The Kier molecular flexibility index (Phi) is 10.0. The average Bonchev–Trinajstić information content (AvgIpc) is 2.34. The molecule has 0 amide bonds. The first-order valence-corrected chi connectivity index (χ1v) is 8.40. The fourth-order valence-corrected chi connectivity index (χ4v) is 2.90. The van der Waals surface area contributed by atoms with Gasteiger partial charge in [0.1, 0.15) is 11.9 Å². The Bertz CT molecular complexity index is 583. The zero-order valence-electron chi connectivity index (χ0n) is 11.9. The molecule has 0 heterocycles. The zero-order chi connectivity index (χ0) is 16.2. The molecule has 3 unspecified atom stereocenters. The minimum absolute atomic E-state index is 0. The Labute approximate surface area is 161 Å². The molecule has 0 aromatic heterocycles. The van der Waals surface area contributed by atoms with Crippen molar-refractivity contribution in [2.45, 2.75) is 31.2 Å². The van der Waals surface area contributed by atoms with E-state index < -0.39 is 34.2 Å². The molecule has 1 aromatic rings. The second-order valence-corrected chi connectivity index (χ2v) is 6.99. The van der Waals surface area contributed by atoms with Crippen LogP contribution in [-0.4, -0.2) is 81.9 Å². The largest absolute Gasteiger partial charge is 0.390 e. The minimum Gasteiger partial charge on any atom is -0.390 e. The molecule has 0 aliphatic rings. The first-order chi connectivity index (χ1) is 9.60. The van der Waals surface area contributed by atoms with Gasteiger partial charge in [-0.1, -0.05) is 29.3 Å². The molecule has 4 N–H and O–H groups in total. The number of benzene rings is 1. The molecule has 0 saturated carbocycles. The first kappa shape index (κ1) is 22.6. The normalized spacial score (nSPS) is 15.7. The Balaban J connectivity index is 0.00000441. The number of hydrogen-bond donors (Lipinski definition) is 4. The van der Waals surface area contributed by atoms with Crippen molar-refractivity contribution in [2.75, 3.05) is 5.75 Å². The van der Waals surface area contributed by atoms with Crippen molar-refractivity contribution in [3.05, 3.63) is 33.8 Å². The van der Waals surface area contributed by atoms with Gasteiger partial charge in [0, 0.05) is 39.6 Å². The van der Waals surface area contributed by atoms with Crippen LogP contribution in [0.25, 0.3) is 0 Å². The molecule has 1 radical (unpaired) electrons. The van der Waals surface area contributed by atoms with Crippen LogP contribution >= 0.6 is 23.2 Å². The minimum atomic E-state index is -4.44. The third kappa shape index (κ3) is 7.92. The van der Waals surface area contributed by atoms with E-state index in [9.17, 15) is 23.7 Å². The van der Waals surface area contributed by atoms with E-state index in [1.807, 2.05) is 0 Å².